The summed E-state index contributed by atoms with van der Waals surface area (Å²) >= 11 is 11.9. The molecule has 0 aromatic heterocycles. The molecule has 19 heavy (non-hydrogen) atoms. The van der Waals surface area contributed by atoms with E-state index in [9.17, 15) is 4.39 Å². The highest BCUT2D eigenvalue weighted by Crippen LogP contribution is 2.32. The lowest BCUT2D eigenvalue weighted by Gasteiger charge is -2.40. The Morgan fingerprint density at radius 2 is 1.79 bits per heavy atom. The van der Waals surface area contributed by atoms with Gasteiger partial charge in [-0.25, -0.2) is 4.39 Å². The molecule has 1 aromatic carbocycles. The average Bonchev–Trinajstić information content (AvgIpc) is 2.31. The predicted molar refractivity (Wildman–Crippen MR) is 78.5 cm³/mol. The highest BCUT2D eigenvalue weighted by atomic mass is 35.5. The van der Waals surface area contributed by atoms with E-state index in [1.165, 1.54) is 12.1 Å². The molecule has 1 aromatic rings. The van der Waals surface area contributed by atoms with Gasteiger partial charge >= 0.3 is 0 Å². The Balaban J connectivity index is 2.23. The Hall–Kier alpha value is -0.350. The Kier molecular flexibility index (Phi) is 4.72. The number of hydrogen-bond donors (Lipinski definition) is 1. The van der Waals surface area contributed by atoms with Crippen LogP contribution in [0.25, 0.3) is 0 Å². The van der Waals surface area contributed by atoms with E-state index < -0.39 is 5.82 Å². The van der Waals surface area contributed by atoms with Gasteiger partial charge < -0.3 is 5.32 Å². The van der Waals surface area contributed by atoms with Gasteiger partial charge in [-0.1, -0.05) is 23.2 Å². The first-order valence-corrected chi connectivity index (χ1v) is 7.28. The van der Waals surface area contributed by atoms with E-state index in [0.29, 0.717) is 17.1 Å². The average molecular weight is 305 g/mol. The van der Waals surface area contributed by atoms with Crippen LogP contribution in [0.2, 0.25) is 10.0 Å². The van der Waals surface area contributed by atoms with E-state index in [2.05, 4.69) is 31.0 Å². The fraction of sp³-hybridized carbons (Fsp3) is 0.571. The van der Waals surface area contributed by atoms with Gasteiger partial charge in [-0.3, -0.25) is 4.90 Å². The normalized spacial score (nSPS) is 26.4. The van der Waals surface area contributed by atoms with E-state index >= 15 is 0 Å². The topological polar surface area (TPSA) is 15.3 Å². The summed E-state index contributed by atoms with van der Waals surface area (Å²) in [6.45, 7) is 8.20. The van der Waals surface area contributed by atoms with Gasteiger partial charge in [-0.15, -0.1) is 0 Å². The Bertz CT molecular complexity index is 457. The largest absolute Gasteiger partial charge is 0.309 e. The molecule has 1 aliphatic heterocycles. The minimum Gasteiger partial charge on any atom is -0.309 e. The molecule has 1 aliphatic rings. The second-order valence-corrected chi connectivity index (χ2v) is 6.20. The van der Waals surface area contributed by atoms with Crippen LogP contribution in [0.15, 0.2) is 12.1 Å². The van der Waals surface area contributed by atoms with Crippen molar-refractivity contribution in [1.82, 2.24) is 10.2 Å². The van der Waals surface area contributed by atoms with Gasteiger partial charge in [0, 0.05) is 36.2 Å². The molecule has 1 heterocycles. The number of piperazine rings is 1. The lowest BCUT2D eigenvalue weighted by Crippen LogP contribution is -2.54. The molecule has 3 unspecified atom stereocenters. The van der Waals surface area contributed by atoms with Crippen molar-refractivity contribution in [3.05, 3.63) is 33.6 Å². The Labute approximate surface area is 123 Å². The molecule has 1 saturated heterocycles. The van der Waals surface area contributed by atoms with E-state index in [-0.39, 0.29) is 11.1 Å². The van der Waals surface area contributed by atoms with Crippen molar-refractivity contribution in [3.63, 3.8) is 0 Å². The molecule has 106 valence electrons. The van der Waals surface area contributed by atoms with Gasteiger partial charge in [-0.05, 0) is 38.5 Å². The van der Waals surface area contributed by atoms with Gasteiger partial charge in [0.25, 0.3) is 0 Å². The maximum absolute atomic E-state index is 13.6. The second-order valence-electron chi connectivity index (χ2n) is 5.39. The first-order chi connectivity index (χ1) is 8.88. The van der Waals surface area contributed by atoms with Crippen molar-refractivity contribution in [2.24, 2.45) is 0 Å². The molecule has 0 aliphatic carbocycles. The smallest absolute Gasteiger partial charge is 0.142 e. The third-order valence-electron chi connectivity index (χ3n) is 3.62. The molecule has 1 fully saturated rings. The van der Waals surface area contributed by atoms with Gasteiger partial charge in [0.05, 0.1) is 5.02 Å². The number of hydrogen-bond acceptors (Lipinski definition) is 2. The SMILES string of the molecule is CC1CN(C(C)c2cc(F)c(Cl)cc2Cl)CC(C)N1. The quantitative estimate of drug-likeness (QED) is 0.834. The molecule has 1 N–H and O–H groups in total. The molecule has 2 nitrogen and oxygen atoms in total. The first-order valence-electron chi connectivity index (χ1n) is 6.53. The van der Waals surface area contributed by atoms with E-state index in [4.69, 9.17) is 23.2 Å². The number of benzene rings is 1. The highest BCUT2D eigenvalue weighted by molar-refractivity contribution is 6.35. The summed E-state index contributed by atoms with van der Waals surface area (Å²) in [5.41, 5.74) is 0.796. The molecule has 0 radical (unpaired) electrons. The molecule has 0 spiro atoms. The van der Waals surface area contributed by atoms with Crippen molar-refractivity contribution in [2.45, 2.75) is 38.9 Å². The third-order valence-corrected chi connectivity index (χ3v) is 4.24. The fourth-order valence-corrected chi connectivity index (χ4v) is 3.28. The van der Waals surface area contributed by atoms with Crippen LogP contribution in [-0.4, -0.2) is 30.1 Å². The zero-order chi connectivity index (χ0) is 14.2. The van der Waals surface area contributed by atoms with Crippen LogP contribution >= 0.6 is 23.2 Å². The minimum atomic E-state index is -0.413. The van der Waals surface area contributed by atoms with Gasteiger partial charge in [-0.2, -0.15) is 0 Å². The molecule has 0 amide bonds. The Morgan fingerprint density at radius 3 is 2.37 bits per heavy atom. The summed E-state index contributed by atoms with van der Waals surface area (Å²) in [4.78, 5) is 2.32. The maximum Gasteiger partial charge on any atom is 0.142 e. The number of rotatable bonds is 2. The molecule has 5 heteroatoms. The monoisotopic (exact) mass is 304 g/mol. The number of nitrogens with one attached hydrogen (secondary N) is 1. The van der Waals surface area contributed by atoms with Crippen LogP contribution in [0.5, 0.6) is 0 Å². The van der Waals surface area contributed by atoms with Crippen LogP contribution in [-0.2, 0) is 0 Å². The maximum atomic E-state index is 13.6. The van der Waals surface area contributed by atoms with Crippen LogP contribution < -0.4 is 5.32 Å². The zero-order valence-electron chi connectivity index (χ0n) is 11.4. The molecule has 0 saturated carbocycles. The first kappa shape index (κ1) is 15.0. The van der Waals surface area contributed by atoms with Crippen LogP contribution in [0.4, 0.5) is 4.39 Å². The fourth-order valence-electron chi connectivity index (χ4n) is 2.74. The van der Waals surface area contributed by atoms with Crippen molar-refractivity contribution in [3.8, 4) is 0 Å². The minimum absolute atomic E-state index is 0.0722. The van der Waals surface area contributed by atoms with Crippen molar-refractivity contribution in [1.29, 1.82) is 0 Å². The van der Waals surface area contributed by atoms with Crippen LogP contribution in [0, 0.1) is 5.82 Å². The van der Waals surface area contributed by atoms with Crippen molar-refractivity contribution in [2.75, 3.05) is 13.1 Å². The predicted octanol–water partition coefficient (Wildman–Crippen LogP) is 3.88. The molecule has 3 atom stereocenters. The zero-order valence-corrected chi connectivity index (χ0v) is 12.9. The van der Waals surface area contributed by atoms with Gasteiger partial charge in [0.15, 0.2) is 0 Å². The van der Waals surface area contributed by atoms with Gasteiger partial charge in [0.1, 0.15) is 5.82 Å². The number of halogens is 3. The molecular weight excluding hydrogens is 286 g/mol. The number of nitrogens with zero attached hydrogens (tertiary/aromatic N) is 1. The summed E-state index contributed by atoms with van der Waals surface area (Å²) in [5, 5.41) is 4.08. The van der Waals surface area contributed by atoms with E-state index in [1.807, 2.05) is 0 Å². The van der Waals surface area contributed by atoms with E-state index in [0.717, 1.165) is 18.7 Å². The lowest BCUT2D eigenvalue weighted by atomic mass is 10.0. The highest BCUT2D eigenvalue weighted by Gasteiger charge is 2.27. The molecule has 2 rings (SSSR count). The molecule has 0 bridgehead atoms. The van der Waals surface area contributed by atoms with Crippen molar-refractivity contribution >= 4 is 23.2 Å². The summed E-state index contributed by atoms with van der Waals surface area (Å²) < 4.78 is 13.6. The van der Waals surface area contributed by atoms with Crippen LogP contribution in [0.1, 0.15) is 32.4 Å². The summed E-state index contributed by atoms with van der Waals surface area (Å²) in [6.07, 6.45) is 0. The van der Waals surface area contributed by atoms with Crippen molar-refractivity contribution < 1.29 is 4.39 Å². The standard InChI is InChI=1S/C14H19Cl2FN2/c1-8-6-19(7-9(2)18-8)10(3)11-4-14(17)13(16)5-12(11)15/h4-5,8-10,18H,6-7H2,1-3H3. The lowest BCUT2D eigenvalue weighted by molar-refractivity contribution is 0.131. The molecular formula is C14H19Cl2FN2. The third kappa shape index (κ3) is 3.40. The summed E-state index contributed by atoms with van der Waals surface area (Å²) in [7, 11) is 0. The second kappa shape index (κ2) is 5.96. The van der Waals surface area contributed by atoms with E-state index in [1.54, 1.807) is 0 Å². The van der Waals surface area contributed by atoms with Crippen LogP contribution in [0.3, 0.4) is 0 Å². The summed E-state index contributed by atoms with van der Waals surface area (Å²) in [5.74, 6) is -0.413. The Morgan fingerprint density at radius 1 is 1.21 bits per heavy atom. The summed E-state index contributed by atoms with van der Waals surface area (Å²) in [6, 6.07) is 3.85. The van der Waals surface area contributed by atoms with Gasteiger partial charge in [0.2, 0.25) is 0 Å².